The van der Waals surface area contributed by atoms with Crippen molar-refractivity contribution in [2.24, 2.45) is 13.0 Å². The Balaban J connectivity index is 1.55. The minimum atomic E-state index is -3.42. The molecule has 10 heteroatoms. The molecule has 1 aliphatic heterocycles. The molecule has 3 N–H and O–H groups in total. The third kappa shape index (κ3) is 5.34. The van der Waals surface area contributed by atoms with Crippen LogP contribution in [-0.4, -0.2) is 27.8 Å². The number of halogens is 2. The molecular formula is C26H28F2N4O3S. The number of methoxy groups -OCH3 is 1. The van der Waals surface area contributed by atoms with Crippen molar-refractivity contribution < 1.29 is 22.5 Å². The molecule has 0 spiro atoms. The molecule has 3 aromatic rings. The quantitative estimate of drug-likeness (QED) is 0.407. The highest BCUT2D eigenvalue weighted by molar-refractivity contribution is 7.90. The predicted octanol–water partition coefficient (Wildman–Crippen LogP) is 5.14. The van der Waals surface area contributed by atoms with Gasteiger partial charge >= 0.3 is 0 Å². The highest BCUT2D eigenvalue weighted by Crippen LogP contribution is 2.29. The van der Waals surface area contributed by atoms with E-state index in [1.807, 2.05) is 37.3 Å². The van der Waals surface area contributed by atoms with Gasteiger partial charge in [-0.3, -0.25) is 4.79 Å². The number of anilines is 1. The Hall–Kier alpha value is -3.50. The fourth-order valence-electron chi connectivity index (χ4n) is 4.22. The van der Waals surface area contributed by atoms with Gasteiger partial charge in [0.15, 0.2) is 11.6 Å². The maximum absolute atomic E-state index is 13.6. The van der Waals surface area contributed by atoms with Crippen molar-refractivity contribution in [1.82, 2.24) is 9.29 Å². The topological polar surface area (TPSA) is 96.2 Å². The van der Waals surface area contributed by atoms with Gasteiger partial charge in [-0.15, -0.1) is 0 Å². The summed E-state index contributed by atoms with van der Waals surface area (Å²) >= 11 is 0. The molecular weight excluding hydrogens is 486 g/mol. The van der Waals surface area contributed by atoms with Crippen molar-refractivity contribution in [2.75, 3.05) is 12.4 Å². The van der Waals surface area contributed by atoms with Crippen LogP contribution in [0.1, 0.15) is 35.0 Å². The molecule has 3 atom stereocenters. The number of fused-ring (bicyclic) bond motifs is 1. The summed E-state index contributed by atoms with van der Waals surface area (Å²) in [4.78, 5) is 13.2. The summed E-state index contributed by atoms with van der Waals surface area (Å²) in [5.41, 5.74) is 1.75. The average molecular weight is 515 g/mol. The molecule has 36 heavy (non-hydrogen) atoms. The summed E-state index contributed by atoms with van der Waals surface area (Å²) in [6.07, 6.45) is 6.61. The number of nitrogens with zero attached hydrogens (tertiary/aromatic N) is 1. The van der Waals surface area contributed by atoms with Gasteiger partial charge in [0.1, 0.15) is 21.4 Å². The van der Waals surface area contributed by atoms with Crippen LogP contribution in [-0.2, 0) is 23.4 Å². The largest absolute Gasteiger partial charge is 0.497 e. The second kappa shape index (κ2) is 10.2. The van der Waals surface area contributed by atoms with Crippen molar-refractivity contribution in [2.45, 2.75) is 30.7 Å². The number of aromatic nitrogens is 1. The third-order valence-electron chi connectivity index (χ3n) is 6.32. The molecule has 2 aromatic carbocycles. The Kier molecular flexibility index (Phi) is 7.28. The summed E-state index contributed by atoms with van der Waals surface area (Å²) in [5, 5.41) is 2.55. The first kappa shape index (κ1) is 25.6. The average Bonchev–Trinajstić information content (AvgIpc) is 3.13. The lowest BCUT2D eigenvalue weighted by Crippen LogP contribution is -2.36. The van der Waals surface area contributed by atoms with Crippen LogP contribution in [0.3, 0.4) is 0 Å². The highest BCUT2D eigenvalue weighted by atomic mass is 32.2. The molecule has 1 aliphatic rings. The molecule has 1 unspecified atom stereocenters. The Bertz CT molecular complexity index is 1420. The van der Waals surface area contributed by atoms with Gasteiger partial charge in [-0.2, -0.15) is 0 Å². The zero-order valence-corrected chi connectivity index (χ0v) is 21.0. The Morgan fingerprint density at radius 3 is 2.61 bits per heavy atom. The van der Waals surface area contributed by atoms with Crippen LogP contribution in [0, 0.1) is 22.3 Å². The lowest BCUT2D eigenvalue weighted by molar-refractivity contribution is 0.101. The standard InChI is InChI=1S/C26H28F2N4O3S/c1-16(4-5-17-6-9-19(35-3)10-7-17)23-13-11-20-24(36(29,34)31-23)15-32(2)25(20)26(33)30-18-8-12-21(27)22(28)14-18/h6-16,23H,4-5H2,1-3H3,(H,30,33)(H2,29,31,34)/t16-,23+,36?/m0/s1. The normalized spacial score (nSPS) is 19.9. The predicted molar refractivity (Wildman–Crippen MR) is 135 cm³/mol. The molecule has 0 radical (unpaired) electrons. The molecule has 7 nitrogen and oxygen atoms in total. The Morgan fingerprint density at radius 1 is 1.22 bits per heavy atom. The van der Waals surface area contributed by atoms with E-state index in [2.05, 4.69) is 10.0 Å². The molecule has 4 rings (SSSR count). The lowest BCUT2D eigenvalue weighted by atomic mass is 9.94. The minimum absolute atomic E-state index is 0.0479. The number of carbonyl (C=O) groups excluding carboxylic acids is 1. The van der Waals surface area contributed by atoms with E-state index in [1.54, 1.807) is 20.2 Å². The SMILES string of the molecule is COc1ccc(CC[C@H](C)[C@H]2C=Cc3c(cn(C)c3C(=O)Nc3ccc(F)c(F)c3)S(=N)(=O)N2)cc1. The van der Waals surface area contributed by atoms with E-state index in [4.69, 9.17) is 9.52 Å². The first-order valence-corrected chi connectivity index (χ1v) is 13.0. The van der Waals surface area contributed by atoms with Crippen LogP contribution < -0.4 is 14.8 Å². The fourth-order valence-corrected chi connectivity index (χ4v) is 5.82. The van der Waals surface area contributed by atoms with E-state index in [-0.39, 0.29) is 28.2 Å². The van der Waals surface area contributed by atoms with Gasteiger partial charge in [-0.1, -0.05) is 31.2 Å². The van der Waals surface area contributed by atoms with Crippen molar-refractivity contribution in [3.8, 4) is 5.75 Å². The molecule has 0 aliphatic carbocycles. The van der Waals surface area contributed by atoms with E-state index in [0.717, 1.165) is 36.3 Å². The summed E-state index contributed by atoms with van der Waals surface area (Å²) in [6.45, 7) is 2.02. The van der Waals surface area contributed by atoms with E-state index >= 15 is 0 Å². The number of aryl methyl sites for hydroxylation is 2. The van der Waals surface area contributed by atoms with Gasteiger partial charge in [-0.05, 0) is 48.6 Å². The summed E-state index contributed by atoms with van der Waals surface area (Å²) < 4.78 is 58.4. The van der Waals surface area contributed by atoms with Crippen molar-refractivity contribution >= 4 is 27.6 Å². The van der Waals surface area contributed by atoms with Gasteiger partial charge in [-0.25, -0.2) is 22.5 Å². The van der Waals surface area contributed by atoms with E-state index < -0.39 is 27.5 Å². The lowest BCUT2D eigenvalue weighted by Gasteiger charge is -2.22. The minimum Gasteiger partial charge on any atom is -0.497 e. The smallest absolute Gasteiger partial charge is 0.272 e. The van der Waals surface area contributed by atoms with Gasteiger partial charge in [0.25, 0.3) is 5.91 Å². The van der Waals surface area contributed by atoms with Crippen molar-refractivity contribution in [3.63, 3.8) is 0 Å². The number of ether oxygens (including phenoxy) is 1. The van der Waals surface area contributed by atoms with E-state index in [1.165, 1.54) is 16.8 Å². The maximum Gasteiger partial charge on any atom is 0.272 e. The Morgan fingerprint density at radius 2 is 1.94 bits per heavy atom. The molecule has 0 saturated heterocycles. The first-order chi connectivity index (χ1) is 17.1. The summed E-state index contributed by atoms with van der Waals surface area (Å²) in [7, 11) is -0.200. The number of hydrogen-bond acceptors (Lipinski definition) is 4. The van der Waals surface area contributed by atoms with E-state index in [9.17, 15) is 17.8 Å². The van der Waals surface area contributed by atoms with Gasteiger partial charge < -0.3 is 14.6 Å². The zero-order valence-electron chi connectivity index (χ0n) is 20.2. The van der Waals surface area contributed by atoms with Crippen LogP contribution in [0.15, 0.2) is 59.6 Å². The second-order valence-electron chi connectivity index (χ2n) is 8.87. The molecule has 1 aromatic heterocycles. The highest BCUT2D eigenvalue weighted by Gasteiger charge is 2.30. The summed E-state index contributed by atoms with van der Waals surface area (Å²) in [6, 6.07) is 10.5. The monoisotopic (exact) mass is 514 g/mol. The van der Waals surface area contributed by atoms with Crippen molar-refractivity contribution in [1.29, 1.82) is 4.78 Å². The van der Waals surface area contributed by atoms with Crippen LogP contribution in [0.25, 0.3) is 6.08 Å². The number of nitrogens with one attached hydrogen (secondary N) is 3. The third-order valence-corrected chi connectivity index (χ3v) is 7.87. The van der Waals surface area contributed by atoms with Crippen molar-refractivity contribution in [3.05, 3.63) is 83.2 Å². The maximum atomic E-state index is 13.6. The van der Waals surface area contributed by atoms with Crippen LogP contribution in [0.5, 0.6) is 5.75 Å². The van der Waals surface area contributed by atoms with Gasteiger partial charge in [0.2, 0.25) is 0 Å². The Labute approximate surface area is 209 Å². The first-order valence-electron chi connectivity index (χ1n) is 11.4. The molecule has 0 fully saturated rings. The number of rotatable bonds is 7. The molecule has 2 heterocycles. The second-order valence-corrected chi connectivity index (χ2v) is 10.7. The number of amides is 1. The van der Waals surface area contributed by atoms with E-state index in [0.29, 0.717) is 5.56 Å². The molecule has 1 amide bonds. The molecule has 0 saturated carbocycles. The fraction of sp³-hybridized carbons (Fsp3) is 0.269. The summed E-state index contributed by atoms with van der Waals surface area (Å²) in [5.74, 6) is -1.85. The number of benzene rings is 2. The number of hydrogen-bond donors (Lipinski definition) is 3. The molecule has 0 bridgehead atoms. The van der Waals surface area contributed by atoms with Crippen LogP contribution >= 0.6 is 0 Å². The van der Waals surface area contributed by atoms with Crippen LogP contribution in [0.4, 0.5) is 14.5 Å². The number of carbonyl (C=O) groups is 1. The van der Waals surface area contributed by atoms with Gasteiger partial charge in [0.05, 0.1) is 12.0 Å². The molecule has 190 valence electrons. The zero-order chi connectivity index (χ0) is 26.0. The van der Waals surface area contributed by atoms with Gasteiger partial charge in [0, 0.05) is 36.6 Å². The van der Waals surface area contributed by atoms with Crippen LogP contribution in [0.2, 0.25) is 0 Å².